The molecule has 148 valence electrons. The quantitative estimate of drug-likeness (QED) is 0.719. The van der Waals surface area contributed by atoms with Gasteiger partial charge in [-0.15, -0.1) is 12.4 Å². The molecule has 0 radical (unpaired) electrons. The lowest BCUT2D eigenvalue weighted by Crippen LogP contribution is -2.45. The highest BCUT2D eigenvalue weighted by atomic mass is 35.5. The number of carbonyl (C=O) groups is 1. The summed E-state index contributed by atoms with van der Waals surface area (Å²) in [4.78, 5) is 12.5. The van der Waals surface area contributed by atoms with Gasteiger partial charge in [0, 0.05) is 31.2 Å². The Morgan fingerprint density at radius 3 is 2.58 bits per heavy atom. The molecule has 1 saturated heterocycles. The second-order valence-corrected chi connectivity index (χ2v) is 7.88. The number of rotatable bonds is 7. The van der Waals surface area contributed by atoms with Gasteiger partial charge in [-0.1, -0.05) is 13.8 Å². The summed E-state index contributed by atoms with van der Waals surface area (Å²) in [5, 5.41) is 6.20. The maximum atomic E-state index is 12.8. The number of halogens is 1. The van der Waals surface area contributed by atoms with Gasteiger partial charge in [0.2, 0.25) is 10.0 Å². The van der Waals surface area contributed by atoms with Crippen LogP contribution in [0.1, 0.15) is 37.0 Å². The number of piperidine rings is 1. The van der Waals surface area contributed by atoms with Crippen molar-refractivity contribution in [3.05, 3.63) is 23.8 Å². The summed E-state index contributed by atoms with van der Waals surface area (Å²) in [6.45, 7) is 5.95. The fourth-order valence-electron chi connectivity index (χ4n) is 2.97. The lowest BCUT2D eigenvalue weighted by Gasteiger charge is -2.24. The second-order valence-electron chi connectivity index (χ2n) is 5.97. The largest absolute Gasteiger partial charge is 0.495 e. The van der Waals surface area contributed by atoms with Crippen molar-refractivity contribution in [2.24, 2.45) is 0 Å². The topological polar surface area (TPSA) is 87.7 Å². The summed E-state index contributed by atoms with van der Waals surface area (Å²) in [7, 11) is -2.30. The van der Waals surface area contributed by atoms with Crippen LogP contribution in [-0.4, -0.2) is 58.0 Å². The van der Waals surface area contributed by atoms with Crippen LogP contribution in [-0.2, 0) is 10.0 Å². The zero-order chi connectivity index (χ0) is 18.4. The van der Waals surface area contributed by atoms with Gasteiger partial charge in [0.05, 0.1) is 7.11 Å². The number of carbonyl (C=O) groups excluding carboxylic acids is 1. The van der Waals surface area contributed by atoms with Crippen molar-refractivity contribution in [1.82, 2.24) is 14.9 Å². The first-order chi connectivity index (χ1) is 11.9. The molecule has 0 aliphatic carbocycles. The Bertz CT molecular complexity index is 702. The Morgan fingerprint density at radius 2 is 2.04 bits per heavy atom. The third-order valence-corrected chi connectivity index (χ3v) is 6.45. The fourth-order valence-corrected chi connectivity index (χ4v) is 4.61. The summed E-state index contributed by atoms with van der Waals surface area (Å²) in [6.07, 6.45) is 1.93. The molecule has 2 rings (SSSR count). The molecular formula is C17H28ClN3O4S. The number of methoxy groups -OCH3 is 1. The molecule has 26 heavy (non-hydrogen) atoms. The zero-order valence-electron chi connectivity index (χ0n) is 15.4. The minimum absolute atomic E-state index is 0. The fraction of sp³-hybridized carbons (Fsp3) is 0.588. The first-order valence-electron chi connectivity index (χ1n) is 8.63. The highest BCUT2D eigenvalue weighted by molar-refractivity contribution is 7.89. The number of nitrogens with one attached hydrogen (secondary N) is 2. The first-order valence-corrected chi connectivity index (χ1v) is 10.1. The molecule has 1 aliphatic rings. The molecule has 1 aromatic carbocycles. The van der Waals surface area contributed by atoms with E-state index in [1.807, 2.05) is 0 Å². The Labute approximate surface area is 161 Å². The van der Waals surface area contributed by atoms with Crippen molar-refractivity contribution in [3.8, 4) is 5.75 Å². The molecule has 9 heteroatoms. The van der Waals surface area contributed by atoms with Gasteiger partial charge in [0.15, 0.2) is 0 Å². The predicted octanol–water partition coefficient (Wildman–Crippen LogP) is 1.63. The van der Waals surface area contributed by atoms with Crippen LogP contribution < -0.4 is 15.4 Å². The molecule has 0 unspecified atom stereocenters. The third-order valence-electron chi connectivity index (χ3n) is 4.38. The second kappa shape index (κ2) is 10.1. The molecule has 1 atom stereocenters. The minimum atomic E-state index is -3.72. The van der Waals surface area contributed by atoms with Crippen molar-refractivity contribution >= 4 is 28.3 Å². The Hall–Kier alpha value is -1.35. The summed E-state index contributed by atoms with van der Waals surface area (Å²) in [6, 6.07) is 4.58. The third kappa shape index (κ3) is 5.09. The van der Waals surface area contributed by atoms with Crippen molar-refractivity contribution in [2.75, 3.05) is 33.3 Å². The molecule has 0 saturated carbocycles. The maximum absolute atomic E-state index is 12.8. The van der Waals surface area contributed by atoms with E-state index in [0.717, 1.165) is 25.9 Å². The Morgan fingerprint density at radius 1 is 1.35 bits per heavy atom. The number of hydrogen-bond acceptors (Lipinski definition) is 5. The number of nitrogens with zero attached hydrogens (tertiary/aromatic N) is 1. The molecule has 2 N–H and O–H groups in total. The van der Waals surface area contributed by atoms with Crippen LogP contribution in [0.25, 0.3) is 0 Å². The van der Waals surface area contributed by atoms with Crippen molar-refractivity contribution in [2.45, 2.75) is 37.6 Å². The van der Waals surface area contributed by atoms with Crippen LogP contribution in [0, 0.1) is 0 Å². The molecule has 1 fully saturated rings. The van der Waals surface area contributed by atoms with E-state index in [1.165, 1.54) is 23.5 Å². The molecule has 0 bridgehead atoms. The predicted molar refractivity (Wildman–Crippen MR) is 104 cm³/mol. The van der Waals surface area contributed by atoms with Crippen LogP contribution in [0.2, 0.25) is 0 Å². The summed E-state index contributed by atoms with van der Waals surface area (Å²) >= 11 is 0. The van der Waals surface area contributed by atoms with Crippen molar-refractivity contribution < 1.29 is 17.9 Å². The van der Waals surface area contributed by atoms with E-state index < -0.39 is 10.0 Å². The highest BCUT2D eigenvalue weighted by Gasteiger charge is 2.27. The van der Waals surface area contributed by atoms with E-state index in [0.29, 0.717) is 18.7 Å². The van der Waals surface area contributed by atoms with Gasteiger partial charge < -0.3 is 15.4 Å². The molecule has 1 heterocycles. The van der Waals surface area contributed by atoms with E-state index in [9.17, 15) is 13.2 Å². The Balaban J connectivity index is 0.00000338. The van der Waals surface area contributed by atoms with E-state index in [1.54, 1.807) is 19.9 Å². The minimum Gasteiger partial charge on any atom is -0.495 e. The smallest absolute Gasteiger partial charge is 0.251 e. The van der Waals surface area contributed by atoms with Gasteiger partial charge in [0.1, 0.15) is 10.6 Å². The van der Waals surface area contributed by atoms with Crippen LogP contribution in [0.15, 0.2) is 23.1 Å². The maximum Gasteiger partial charge on any atom is 0.251 e. The van der Waals surface area contributed by atoms with Gasteiger partial charge in [-0.05, 0) is 37.6 Å². The average molecular weight is 406 g/mol. The monoisotopic (exact) mass is 405 g/mol. The van der Waals surface area contributed by atoms with Gasteiger partial charge in [-0.3, -0.25) is 4.79 Å². The van der Waals surface area contributed by atoms with Crippen LogP contribution in [0.4, 0.5) is 0 Å². The molecule has 0 aromatic heterocycles. The first kappa shape index (κ1) is 22.7. The summed E-state index contributed by atoms with van der Waals surface area (Å²) in [5.41, 5.74) is 0.317. The molecule has 7 nitrogen and oxygen atoms in total. The molecule has 1 amide bonds. The highest BCUT2D eigenvalue weighted by Crippen LogP contribution is 2.28. The number of benzene rings is 1. The normalized spacial score (nSPS) is 17.5. The standard InChI is InChI=1S/C17H27N3O4S.ClH/c1-4-20(5-2)25(22,23)16-11-13(8-9-15(16)24-3)17(21)19-14-7-6-10-18-12-14;/h8-9,11,14,18H,4-7,10,12H2,1-3H3,(H,19,21);1H/t14-;/m0./s1. The number of sulfonamides is 1. The number of amides is 1. The van der Waals surface area contributed by atoms with E-state index in [-0.39, 0.29) is 35.0 Å². The molecular weight excluding hydrogens is 378 g/mol. The van der Waals surface area contributed by atoms with Crippen molar-refractivity contribution in [1.29, 1.82) is 0 Å². The number of ether oxygens (including phenoxy) is 1. The molecule has 1 aromatic rings. The SMILES string of the molecule is CCN(CC)S(=O)(=O)c1cc(C(=O)N[C@H]2CCCNC2)ccc1OC.Cl. The average Bonchev–Trinajstić information content (AvgIpc) is 2.62. The van der Waals surface area contributed by atoms with Crippen LogP contribution >= 0.6 is 12.4 Å². The van der Waals surface area contributed by atoms with Crippen LogP contribution in [0.5, 0.6) is 5.75 Å². The summed E-state index contributed by atoms with van der Waals surface area (Å²) in [5.74, 6) is -0.0323. The van der Waals surface area contributed by atoms with Gasteiger partial charge >= 0.3 is 0 Å². The molecule has 1 aliphatic heterocycles. The van der Waals surface area contributed by atoms with E-state index >= 15 is 0 Å². The lowest BCUT2D eigenvalue weighted by atomic mass is 10.1. The lowest BCUT2D eigenvalue weighted by molar-refractivity contribution is 0.0930. The van der Waals surface area contributed by atoms with Gasteiger partial charge in [0.25, 0.3) is 5.91 Å². The Kier molecular flexibility index (Phi) is 8.82. The van der Waals surface area contributed by atoms with E-state index in [4.69, 9.17) is 4.74 Å². The van der Waals surface area contributed by atoms with Gasteiger partial charge in [-0.25, -0.2) is 8.42 Å². The van der Waals surface area contributed by atoms with Crippen molar-refractivity contribution in [3.63, 3.8) is 0 Å². The summed E-state index contributed by atoms with van der Waals surface area (Å²) < 4.78 is 32.2. The number of hydrogen-bond donors (Lipinski definition) is 2. The van der Waals surface area contributed by atoms with Crippen LogP contribution in [0.3, 0.4) is 0 Å². The van der Waals surface area contributed by atoms with E-state index in [2.05, 4.69) is 10.6 Å². The molecule has 0 spiro atoms. The zero-order valence-corrected chi connectivity index (χ0v) is 17.1. The van der Waals surface area contributed by atoms with Gasteiger partial charge in [-0.2, -0.15) is 4.31 Å².